The Kier molecular flexibility index (Phi) is 6.65. The van der Waals surface area contributed by atoms with Crippen molar-refractivity contribution in [2.45, 2.75) is 59.5 Å². The molecular formula is C11H22O2. The molecule has 0 N–H and O–H groups in total. The Morgan fingerprint density at radius 1 is 1.31 bits per heavy atom. The summed E-state index contributed by atoms with van der Waals surface area (Å²) in [6.07, 6.45) is 4.37. The Labute approximate surface area is 81.7 Å². The quantitative estimate of drug-likeness (QED) is 0.596. The molecule has 0 saturated carbocycles. The van der Waals surface area contributed by atoms with Crippen LogP contribution in [-0.4, -0.2) is 12.1 Å². The largest absolute Gasteiger partial charge is 0.462 e. The van der Waals surface area contributed by atoms with Gasteiger partial charge in [-0.1, -0.05) is 40.5 Å². The molecule has 0 aliphatic carbocycles. The molecular weight excluding hydrogens is 164 g/mol. The molecule has 0 rings (SSSR count). The van der Waals surface area contributed by atoms with Crippen LogP contribution in [0.3, 0.4) is 0 Å². The van der Waals surface area contributed by atoms with E-state index in [4.69, 9.17) is 4.74 Å². The van der Waals surface area contributed by atoms with Crippen molar-refractivity contribution >= 4 is 5.97 Å². The normalized spacial score (nSPS) is 13.0. The lowest BCUT2D eigenvalue weighted by molar-refractivity contribution is -0.153. The van der Waals surface area contributed by atoms with Crippen LogP contribution in [0.1, 0.15) is 53.4 Å². The van der Waals surface area contributed by atoms with Crippen LogP contribution in [0.25, 0.3) is 0 Å². The summed E-state index contributed by atoms with van der Waals surface area (Å²) in [5, 5.41) is 0. The lowest BCUT2D eigenvalue weighted by Crippen LogP contribution is -2.20. The van der Waals surface area contributed by atoms with E-state index in [1.165, 1.54) is 0 Å². The van der Waals surface area contributed by atoms with Gasteiger partial charge in [-0.05, 0) is 12.8 Å². The van der Waals surface area contributed by atoms with Crippen LogP contribution in [0.15, 0.2) is 0 Å². The molecule has 2 heteroatoms. The first-order valence-electron chi connectivity index (χ1n) is 5.32. The van der Waals surface area contributed by atoms with E-state index in [0.29, 0.717) is 0 Å². The summed E-state index contributed by atoms with van der Waals surface area (Å²) in [5.74, 6) is -0.0707. The molecule has 0 bridgehead atoms. The van der Waals surface area contributed by atoms with Crippen LogP contribution >= 0.6 is 0 Å². The molecule has 0 spiro atoms. The molecule has 0 aromatic heterocycles. The first-order chi connectivity index (χ1) is 6.11. The third-order valence-electron chi connectivity index (χ3n) is 2.09. The minimum Gasteiger partial charge on any atom is -0.462 e. The first kappa shape index (κ1) is 12.5. The van der Waals surface area contributed by atoms with Crippen LogP contribution in [0, 0.1) is 5.92 Å². The highest BCUT2D eigenvalue weighted by atomic mass is 16.5. The fourth-order valence-electron chi connectivity index (χ4n) is 1.08. The van der Waals surface area contributed by atoms with Crippen molar-refractivity contribution in [2.75, 3.05) is 0 Å². The van der Waals surface area contributed by atoms with Crippen LogP contribution in [0.2, 0.25) is 0 Å². The van der Waals surface area contributed by atoms with E-state index in [2.05, 4.69) is 13.8 Å². The Morgan fingerprint density at radius 3 is 2.31 bits per heavy atom. The van der Waals surface area contributed by atoms with E-state index in [1.54, 1.807) is 0 Å². The van der Waals surface area contributed by atoms with Crippen LogP contribution in [0.4, 0.5) is 0 Å². The minimum atomic E-state index is -0.0667. The predicted molar refractivity (Wildman–Crippen MR) is 54.5 cm³/mol. The van der Waals surface area contributed by atoms with E-state index in [0.717, 1.165) is 25.7 Å². The lowest BCUT2D eigenvalue weighted by atomic mass is 10.1. The second kappa shape index (κ2) is 6.93. The van der Waals surface area contributed by atoms with Crippen molar-refractivity contribution in [2.24, 2.45) is 5.92 Å². The summed E-state index contributed by atoms with van der Waals surface area (Å²) < 4.78 is 5.32. The maximum absolute atomic E-state index is 11.3. The smallest absolute Gasteiger partial charge is 0.308 e. The standard InChI is InChI=1S/C11H22O2/c1-5-7-8-10(6-2)13-11(12)9(3)4/h9-10H,5-8H2,1-4H3. The monoisotopic (exact) mass is 186 g/mol. The lowest BCUT2D eigenvalue weighted by Gasteiger charge is -2.17. The number of unbranched alkanes of at least 4 members (excludes halogenated alkanes) is 1. The third-order valence-corrected chi connectivity index (χ3v) is 2.09. The van der Waals surface area contributed by atoms with Crippen LogP contribution in [-0.2, 0) is 9.53 Å². The van der Waals surface area contributed by atoms with E-state index in [1.807, 2.05) is 13.8 Å². The maximum Gasteiger partial charge on any atom is 0.308 e. The van der Waals surface area contributed by atoms with Gasteiger partial charge in [0.15, 0.2) is 0 Å². The van der Waals surface area contributed by atoms with Gasteiger partial charge in [-0.2, -0.15) is 0 Å². The molecule has 1 unspecified atom stereocenters. The van der Waals surface area contributed by atoms with E-state index < -0.39 is 0 Å². The van der Waals surface area contributed by atoms with Crippen LogP contribution < -0.4 is 0 Å². The van der Waals surface area contributed by atoms with Crippen molar-refractivity contribution in [1.82, 2.24) is 0 Å². The summed E-state index contributed by atoms with van der Waals surface area (Å²) in [5.41, 5.74) is 0. The average Bonchev–Trinajstić information content (AvgIpc) is 2.11. The average molecular weight is 186 g/mol. The molecule has 0 aromatic carbocycles. The topological polar surface area (TPSA) is 26.3 Å². The van der Waals surface area contributed by atoms with Gasteiger partial charge < -0.3 is 4.74 Å². The van der Waals surface area contributed by atoms with Gasteiger partial charge in [-0.3, -0.25) is 4.79 Å². The van der Waals surface area contributed by atoms with Gasteiger partial charge >= 0.3 is 5.97 Å². The first-order valence-corrected chi connectivity index (χ1v) is 5.32. The summed E-state index contributed by atoms with van der Waals surface area (Å²) in [6.45, 7) is 7.95. The SMILES string of the molecule is CCCCC(CC)OC(=O)C(C)C. The van der Waals surface area contributed by atoms with Gasteiger partial charge in [0, 0.05) is 0 Å². The van der Waals surface area contributed by atoms with Gasteiger partial charge in [0.25, 0.3) is 0 Å². The van der Waals surface area contributed by atoms with E-state index >= 15 is 0 Å². The van der Waals surface area contributed by atoms with Crippen molar-refractivity contribution in [3.8, 4) is 0 Å². The Balaban J connectivity index is 3.76. The molecule has 13 heavy (non-hydrogen) atoms. The van der Waals surface area contributed by atoms with Crippen molar-refractivity contribution in [1.29, 1.82) is 0 Å². The zero-order valence-corrected chi connectivity index (χ0v) is 9.30. The second-order valence-corrected chi connectivity index (χ2v) is 3.76. The Morgan fingerprint density at radius 2 is 1.92 bits per heavy atom. The molecule has 0 aliphatic rings. The third kappa shape index (κ3) is 5.67. The summed E-state index contributed by atoms with van der Waals surface area (Å²) >= 11 is 0. The minimum absolute atomic E-state index is 0.00400. The number of hydrogen-bond acceptors (Lipinski definition) is 2. The summed E-state index contributed by atoms with van der Waals surface area (Å²) in [6, 6.07) is 0. The predicted octanol–water partition coefficient (Wildman–Crippen LogP) is 3.15. The second-order valence-electron chi connectivity index (χ2n) is 3.76. The molecule has 78 valence electrons. The number of rotatable bonds is 6. The van der Waals surface area contributed by atoms with Gasteiger partial charge in [-0.15, -0.1) is 0 Å². The molecule has 0 fully saturated rings. The fourth-order valence-corrected chi connectivity index (χ4v) is 1.08. The molecule has 0 heterocycles. The number of ether oxygens (including phenoxy) is 1. The molecule has 0 radical (unpaired) electrons. The van der Waals surface area contributed by atoms with Gasteiger partial charge in [-0.25, -0.2) is 0 Å². The molecule has 2 nitrogen and oxygen atoms in total. The number of carbonyl (C=O) groups excluding carboxylic acids is 1. The van der Waals surface area contributed by atoms with Gasteiger partial charge in [0.05, 0.1) is 5.92 Å². The van der Waals surface area contributed by atoms with Gasteiger partial charge in [0.1, 0.15) is 6.10 Å². The molecule has 0 saturated heterocycles. The number of carbonyl (C=O) groups is 1. The van der Waals surface area contributed by atoms with Crippen molar-refractivity contribution < 1.29 is 9.53 Å². The van der Waals surface area contributed by atoms with E-state index in [9.17, 15) is 4.79 Å². The van der Waals surface area contributed by atoms with E-state index in [-0.39, 0.29) is 18.0 Å². The number of hydrogen-bond donors (Lipinski definition) is 0. The van der Waals surface area contributed by atoms with Crippen molar-refractivity contribution in [3.05, 3.63) is 0 Å². The van der Waals surface area contributed by atoms with Gasteiger partial charge in [0.2, 0.25) is 0 Å². The molecule has 0 aliphatic heterocycles. The highest BCUT2D eigenvalue weighted by Crippen LogP contribution is 2.10. The molecule has 0 aromatic rings. The fraction of sp³-hybridized carbons (Fsp3) is 0.909. The Hall–Kier alpha value is -0.530. The molecule has 0 amide bonds. The maximum atomic E-state index is 11.3. The van der Waals surface area contributed by atoms with Crippen LogP contribution in [0.5, 0.6) is 0 Å². The zero-order valence-electron chi connectivity index (χ0n) is 9.30. The Bertz CT molecular complexity index is 141. The highest BCUT2D eigenvalue weighted by molar-refractivity contribution is 5.71. The number of esters is 1. The summed E-state index contributed by atoms with van der Waals surface area (Å²) in [7, 11) is 0. The highest BCUT2D eigenvalue weighted by Gasteiger charge is 2.14. The van der Waals surface area contributed by atoms with Crippen molar-refractivity contribution in [3.63, 3.8) is 0 Å². The zero-order chi connectivity index (χ0) is 10.3. The molecule has 1 atom stereocenters. The summed E-state index contributed by atoms with van der Waals surface area (Å²) in [4.78, 5) is 11.3.